The Morgan fingerprint density at radius 3 is 3.12 bits per heavy atom. The summed E-state index contributed by atoms with van der Waals surface area (Å²) in [6.07, 6.45) is 3.73. The molecule has 0 aliphatic heterocycles. The number of nitrogens with zero attached hydrogens (tertiary/aromatic N) is 4. The lowest BCUT2D eigenvalue weighted by Crippen LogP contribution is -2.19. The maximum atomic E-state index is 11.5. The zero-order chi connectivity index (χ0) is 11.4. The smallest absolute Gasteiger partial charge is 0.247 e. The fraction of sp³-hybridized carbons (Fsp3) is 0.333. The maximum absolute atomic E-state index is 11.5. The standard InChI is InChI=1S/C9H12N6O/c1-2-7-3-8(14-13-7)12-9(16)4-15-6-10-5-11-15/h3,5-6H,2,4H2,1H3,(H2,12,13,14,16). The van der Waals surface area contributed by atoms with Gasteiger partial charge in [0.1, 0.15) is 19.2 Å². The second-order valence-corrected chi connectivity index (χ2v) is 3.27. The van der Waals surface area contributed by atoms with Gasteiger partial charge in [0.2, 0.25) is 5.91 Å². The third kappa shape index (κ3) is 2.44. The molecule has 1 amide bonds. The van der Waals surface area contributed by atoms with Crippen molar-refractivity contribution in [1.29, 1.82) is 0 Å². The molecule has 2 aromatic rings. The average molecular weight is 220 g/mol. The van der Waals surface area contributed by atoms with Crippen LogP contribution in [0.1, 0.15) is 12.6 Å². The monoisotopic (exact) mass is 220 g/mol. The van der Waals surface area contributed by atoms with Crippen LogP contribution in [0.2, 0.25) is 0 Å². The van der Waals surface area contributed by atoms with E-state index in [0.29, 0.717) is 5.82 Å². The van der Waals surface area contributed by atoms with E-state index in [1.165, 1.54) is 17.3 Å². The van der Waals surface area contributed by atoms with E-state index in [-0.39, 0.29) is 12.5 Å². The minimum atomic E-state index is -0.181. The summed E-state index contributed by atoms with van der Waals surface area (Å²) in [6, 6.07) is 1.80. The van der Waals surface area contributed by atoms with Gasteiger partial charge in [0, 0.05) is 11.8 Å². The first kappa shape index (κ1) is 10.3. The fourth-order valence-corrected chi connectivity index (χ4v) is 1.25. The van der Waals surface area contributed by atoms with E-state index in [0.717, 1.165) is 12.1 Å². The molecule has 2 rings (SSSR count). The molecular formula is C9H12N6O. The number of aromatic amines is 1. The highest BCUT2D eigenvalue weighted by Crippen LogP contribution is 2.05. The van der Waals surface area contributed by atoms with Crippen LogP contribution in [-0.4, -0.2) is 30.9 Å². The van der Waals surface area contributed by atoms with E-state index in [1.54, 1.807) is 6.07 Å². The molecule has 0 unspecified atom stereocenters. The van der Waals surface area contributed by atoms with Crippen molar-refractivity contribution in [3.05, 3.63) is 24.4 Å². The lowest BCUT2D eigenvalue weighted by atomic mass is 10.3. The topological polar surface area (TPSA) is 88.5 Å². The molecule has 2 aromatic heterocycles. The summed E-state index contributed by atoms with van der Waals surface area (Å²) in [5, 5.41) is 13.3. The van der Waals surface area contributed by atoms with Gasteiger partial charge >= 0.3 is 0 Å². The SMILES string of the molecule is CCc1cc(NC(=O)Cn2cncn2)n[nH]1. The van der Waals surface area contributed by atoms with Gasteiger partial charge in [-0.25, -0.2) is 9.67 Å². The first-order valence-corrected chi connectivity index (χ1v) is 4.94. The number of amides is 1. The molecule has 84 valence electrons. The number of carbonyl (C=O) groups excluding carboxylic acids is 1. The van der Waals surface area contributed by atoms with E-state index in [4.69, 9.17) is 0 Å². The van der Waals surface area contributed by atoms with Crippen LogP contribution < -0.4 is 5.32 Å². The van der Waals surface area contributed by atoms with Crippen LogP contribution in [0.15, 0.2) is 18.7 Å². The van der Waals surface area contributed by atoms with Gasteiger partial charge in [-0.1, -0.05) is 6.92 Å². The van der Waals surface area contributed by atoms with Crippen molar-refractivity contribution in [3.63, 3.8) is 0 Å². The van der Waals surface area contributed by atoms with Crippen molar-refractivity contribution in [3.8, 4) is 0 Å². The van der Waals surface area contributed by atoms with E-state index in [9.17, 15) is 4.79 Å². The third-order valence-electron chi connectivity index (χ3n) is 2.05. The highest BCUT2D eigenvalue weighted by molar-refractivity contribution is 5.89. The van der Waals surface area contributed by atoms with Crippen LogP contribution in [0, 0.1) is 0 Å². The summed E-state index contributed by atoms with van der Waals surface area (Å²) in [7, 11) is 0. The van der Waals surface area contributed by atoms with Crippen molar-refractivity contribution in [2.75, 3.05) is 5.32 Å². The maximum Gasteiger partial charge on any atom is 0.247 e. The van der Waals surface area contributed by atoms with Gasteiger partial charge in [-0.05, 0) is 6.42 Å². The molecule has 16 heavy (non-hydrogen) atoms. The van der Waals surface area contributed by atoms with Gasteiger partial charge in [0.15, 0.2) is 5.82 Å². The van der Waals surface area contributed by atoms with Gasteiger partial charge in [-0.3, -0.25) is 9.89 Å². The third-order valence-corrected chi connectivity index (χ3v) is 2.05. The molecule has 0 saturated carbocycles. The van der Waals surface area contributed by atoms with Gasteiger partial charge in [-0.15, -0.1) is 0 Å². The summed E-state index contributed by atoms with van der Waals surface area (Å²) in [6.45, 7) is 2.14. The Bertz CT molecular complexity index is 460. The second-order valence-electron chi connectivity index (χ2n) is 3.27. The van der Waals surface area contributed by atoms with Crippen molar-refractivity contribution < 1.29 is 4.79 Å². The Morgan fingerprint density at radius 2 is 2.50 bits per heavy atom. The van der Waals surface area contributed by atoms with Crippen molar-refractivity contribution in [2.24, 2.45) is 0 Å². The molecule has 7 heteroatoms. The van der Waals surface area contributed by atoms with E-state index >= 15 is 0 Å². The molecule has 0 radical (unpaired) electrons. The second kappa shape index (κ2) is 4.56. The number of hydrogen-bond acceptors (Lipinski definition) is 4. The minimum absolute atomic E-state index is 0.133. The van der Waals surface area contributed by atoms with Crippen LogP contribution in [0.25, 0.3) is 0 Å². The predicted octanol–water partition coefficient (Wildman–Crippen LogP) is 0.202. The molecule has 2 N–H and O–H groups in total. The highest BCUT2D eigenvalue weighted by atomic mass is 16.2. The quantitative estimate of drug-likeness (QED) is 0.770. The number of anilines is 1. The Morgan fingerprint density at radius 1 is 1.62 bits per heavy atom. The van der Waals surface area contributed by atoms with Crippen molar-refractivity contribution in [1.82, 2.24) is 25.0 Å². The van der Waals surface area contributed by atoms with Gasteiger partial charge in [0.05, 0.1) is 0 Å². The molecule has 0 aliphatic carbocycles. The number of aryl methyl sites for hydroxylation is 1. The number of nitrogens with one attached hydrogen (secondary N) is 2. The Labute approximate surface area is 91.9 Å². The molecule has 0 aromatic carbocycles. The normalized spacial score (nSPS) is 10.3. The molecule has 0 bridgehead atoms. The lowest BCUT2D eigenvalue weighted by molar-refractivity contribution is -0.116. The first-order chi connectivity index (χ1) is 7.78. The molecule has 2 heterocycles. The van der Waals surface area contributed by atoms with Gasteiger partial charge < -0.3 is 5.32 Å². The first-order valence-electron chi connectivity index (χ1n) is 4.94. The molecule has 0 aliphatic rings. The summed E-state index contributed by atoms with van der Waals surface area (Å²) >= 11 is 0. The van der Waals surface area contributed by atoms with Crippen LogP contribution in [0.3, 0.4) is 0 Å². The number of carbonyl (C=O) groups is 1. The Balaban J connectivity index is 1.92. The minimum Gasteiger partial charge on any atom is -0.308 e. The van der Waals surface area contributed by atoms with Crippen LogP contribution >= 0.6 is 0 Å². The van der Waals surface area contributed by atoms with Crippen LogP contribution in [0.5, 0.6) is 0 Å². The number of aromatic nitrogens is 5. The molecule has 0 atom stereocenters. The predicted molar refractivity (Wildman–Crippen MR) is 56.6 cm³/mol. The number of H-pyrrole nitrogens is 1. The number of rotatable bonds is 4. The lowest BCUT2D eigenvalue weighted by Gasteiger charge is -2.00. The summed E-state index contributed by atoms with van der Waals surface area (Å²) in [5.41, 5.74) is 0.982. The largest absolute Gasteiger partial charge is 0.308 e. The average Bonchev–Trinajstić information content (AvgIpc) is 2.89. The summed E-state index contributed by atoms with van der Waals surface area (Å²) < 4.78 is 1.45. The summed E-state index contributed by atoms with van der Waals surface area (Å²) in [5.74, 6) is 0.349. The molecule has 0 fully saturated rings. The fourth-order valence-electron chi connectivity index (χ4n) is 1.25. The van der Waals surface area contributed by atoms with Gasteiger partial charge in [-0.2, -0.15) is 10.2 Å². The van der Waals surface area contributed by atoms with Crippen LogP contribution in [0.4, 0.5) is 5.82 Å². The molecule has 7 nitrogen and oxygen atoms in total. The molecular weight excluding hydrogens is 208 g/mol. The van der Waals surface area contributed by atoms with E-state index < -0.39 is 0 Å². The van der Waals surface area contributed by atoms with Crippen molar-refractivity contribution >= 4 is 11.7 Å². The van der Waals surface area contributed by atoms with Gasteiger partial charge in [0.25, 0.3) is 0 Å². The van der Waals surface area contributed by atoms with Crippen LogP contribution in [-0.2, 0) is 17.8 Å². The summed E-state index contributed by atoms with van der Waals surface area (Å²) in [4.78, 5) is 15.3. The van der Waals surface area contributed by atoms with Crippen molar-refractivity contribution in [2.45, 2.75) is 19.9 Å². The Kier molecular flexibility index (Phi) is 2.95. The van der Waals surface area contributed by atoms with E-state index in [2.05, 4.69) is 25.6 Å². The Hall–Kier alpha value is -2.18. The van der Waals surface area contributed by atoms with E-state index in [1.807, 2.05) is 6.92 Å². The zero-order valence-electron chi connectivity index (χ0n) is 8.84. The zero-order valence-corrected chi connectivity index (χ0v) is 8.84. The molecule has 0 spiro atoms. The molecule has 0 saturated heterocycles. The number of hydrogen-bond donors (Lipinski definition) is 2. The highest BCUT2D eigenvalue weighted by Gasteiger charge is 2.06.